The molecule has 0 radical (unpaired) electrons. The van der Waals surface area contributed by atoms with Gasteiger partial charge in [0.15, 0.2) is 0 Å². The minimum Gasteiger partial charge on any atom is -0.478 e. The quantitative estimate of drug-likeness (QED) is 0.845. The van der Waals surface area contributed by atoms with E-state index >= 15 is 0 Å². The number of carboxylic acids is 1. The van der Waals surface area contributed by atoms with Crippen LogP contribution in [0.3, 0.4) is 0 Å². The zero-order valence-corrected chi connectivity index (χ0v) is 10.6. The van der Waals surface area contributed by atoms with Crippen molar-refractivity contribution in [3.05, 3.63) is 23.5 Å². The molecular weight excluding hydrogens is 232 g/mol. The largest absolute Gasteiger partial charge is 0.478 e. The highest BCUT2D eigenvalue weighted by Crippen LogP contribution is 2.28. The van der Waals surface area contributed by atoms with Gasteiger partial charge in [-0.15, -0.1) is 0 Å². The third kappa shape index (κ3) is 2.46. The maximum absolute atomic E-state index is 11.2. The van der Waals surface area contributed by atoms with Gasteiger partial charge >= 0.3 is 5.97 Å². The van der Waals surface area contributed by atoms with E-state index in [0.29, 0.717) is 12.2 Å². The Bertz CT molecular complexity index is 460. The molecule has 1 fully saturated rings. The fraction of sp³-hybridized carbons (Fsp3) is 0.538. The van der Waals surface area contributed by atoms with Crippen LogP contribution in [-0.4, -0.2) is 40.4 Å². The van der Waals surface area contributed by atoms with E-state index in [0.717, 1.165) is 18.7 Å². The Balaban J connectivity index is 2.28. The van der Waals surface area contributed by atoms with Gasteiger partial charge in [-0.2, -0.15) is 0 Å². The number of aliphatic hydroxyl groups excluding tert-OH is 1. The summed E-state index contributed by atoms with van der Waals surface area (Å²) < 4.78 is 0. The summed E-state index contributed by atoms with van der Waals surface area (Å²) in [7, 11) is 0. The van der Waals surface area contributed by atoms with Crippen LogP contribution in [0.4, 0.5) is 5.69 Å². The molecule has 1 aliphatic heterocycles. The van der Waals surface area contributed by atoms with Crippen molar-refractivity contribution in [2.75, 3.05) is 18.0 Å². The molecule has 0 aromatic carbocycles. The van der Waals surface area contributed by atoms with E-state index in [1.54, 1.807) is 13.0 Å². The lowest BCUT2D eigenvalue weighted by molar-refractivity contribution is 0.0697. The van der Waals surface area contributed by atoms with Gasteiger partial charge in [-0.3, -0.25) is 4.98 Å². The molecule has 2 unspecified atom stereocenters. The molecule has 0 aliphatic carbocycles. The van der Waals surface area contributed by atoms with E-state index in [-0.39, 0.29) is 17.6 Å². The molecule has 18 heavy (non-hydrogen) atoms. The van der Waals surface area contributed by atoms with Crippen LogP contribution in [-0.2, 0) is 0 Å². The number of hydrogen-bond acceptors (Lipinski definition) is 4. The van der Waals surface area contributed by atoms with E-state index < -0.39 is 5.97 Å². The maximum Gasteiger partial charge on any atom is 0.339 e. The number of aliphatic hydroxyl groups is 1. The lowest BCUT2D eigenvalue weighted by atomic mass is 10.0. The lowest BCUT2D eigenvalue weighted by Gasteiger charge is -2.21. The second-order valence-corrected chi connectivity index (χ2v) is 4.88. The molecule has 0 amide bonds. The number of carbonyl (C=O) groups is 1. The SMILES string of the molecule is Cc1cc(N2CCC(C(C)O)C2)c(C(=O)O)cn1. The van der Waals surface area contributed by atoms with Gasteiger partial charge in [-0.25, -0.2) is 4.79 Å². The summed E-state index contributed by atoms with van der Waals surface area (Å²) in [5.41, 5.74) is 1.74. The smallest absolute Gasteiger partial charge is 0.339 e. The van der Waals surface area contributed by atoms with Gasteiger partial charge in [0.05, 0.1) is 11.8 Å². The number of anilines is 1. The maximum atomic E-state index is 11.2. The van der Waals surface area contributed by atoms with Crippen LogP contribution in [0.5, 0.6) is 0 Å². The number of aromatic nitrogens is 1. The monoisotopic (exact) mass is 250 g/mol. The number of nitrogens with zero attached hydrogens (tertiary/aromatic N) is 2. The summed E-state index contributed by atoms with van der Waals surface area (Å²) in [6.07, 6.45) is 1.94. The Kier molecular flexibility index (Phi) is 3.52. The van der Waals surface area contributed by atoms with Gasteiger partial charge in [0.25, 0.3) is 0 Å². The van der Waals surface area contributed by atoms with Crippen molar-refractivity contribution >= 4 is 11.7 Å². The normalized spacial score (nSPS) is 21.1. The topological polar surface area (TPSA) is 73.7 Å². The molecule has 0 bridgehead atoms. The number of pyridine rings is 1. The predicted octanol–water partition coefficient (Wildman–Crippen LogP) is 1.30. The van der Waals surface area contributed by atoms with Gasteiger partial charge < -0.3 is 15.1 Å². The molecule has 1 aromatic heterocycles. The second-order valence-electron chi connectivity index (χ2n) is 4.88. The van der Waals surface area contributed by atoms with E-state index in [2.05, 4.69) is 4.98 Å². The predicted molar refractivity (Wildman–Crippen MR) is 67.9 cm³/mol. The fourth-order valence-electron chi connectivity index (χ4n) is 2.37. The summed E-state index contributed by atoms with van der Waals surface area (Å²) in [6.45, 7) is 5.10. The van der Waals surface area contributed by atoms with Crippen LogP contribution in [0.15, 0.2) is 12.3 Å². The van der Waals surface area contributed by atoms with Crippen molar-refractivity contribution in [2.45, 2.75) is 26.4 Å². The van der Waals surface area contributed by atoms with Gasteiger partial charge in [-0.1, -0.05) is 0 Å². The Morgan fingerprint density at radius 1 is 1.61 bits per heavy atom. The van der Waals surface area contributed by atoms with E-state index in [1.165, 1.54) is 6.20 Å². The van der Waals surface area contributed by atoms with Crippen LogP contribution >= 0.6 is 0 Å². The Morgan fingerprint density at radius 2 is 2.33 bits per heavy atom. The summed E-state index contributed by atoms with van der Waals surface area (Å²) in [4.78, 5) is 17.2. The Hall–Kier alpha value is -1.62. The third-order valence-electron chi connectivity index (χ3n) is 3.50. The molecule has 2 N–H and O–H groups in total. The number of aromatic carboxylic acids is 1. The van der Waals surface area contributed by atoms with Crippen molar-refractivity contribution in [3.63, 3.8) is 0 Å². The number of rotatable bonds is 3. The molecular formula is C13H18N2O3. The van der Waals surface area contributed by atoms with Crippen molar-refractivity contribution < 1.29 is 15.0 Å². The van der Waals surface area contributed by atoms with Crippen LogP contribution < -0.4 is 4.90 Å². The molecule has 2 heterocycles. The molecule has 98 valence electrons. The van der Waals surface area contributed by atoms with E-state index in [9.17, 15) is 15.0 Å². The number of hydrogen-bond donors (Lipinski definition) is 2. The van der Waals surface area contributed by atoms with Gasteiger partial charge in [0.1, 0.15) is 5.56 Å². The zero-order valence-electron chi connectivity index (χ0n) is 10.6. The van der Waals surface area contributed by atoms with Crippen molar-refractivity contribution in [1.82, 2.24) is 4.98 Å². The summed E-state index contributed by atoms with van der Waals surface area (Å²) >= 11 is 0. The Labute approximate surface area is 106 Å². The van der Waals surface area contributed by atoms with Crippen LogP contribution in [0.2, 0.25) is 0 Å². The fourth-order valence-corrected chi connectivity index (χ4v) is 2.37. The average Bonchev–Trinajstić information content (AvgIpc) is 2.77. The van der Waals surface area contributed by atoms with Gasteiger partial charge in [0, 0.05) is 30.9 Å². The molecule has 1 aliphatic rings. The first-order valence-corrected chi connectivity index (χ1v) is 6.12. The average molecular weight is 250 g/mol. The van der Waals surface area contributed by atoms with Gasteiger partial charge in [0.2, 0.25) is 0 Å². The summed E-state index contributed by atoms with van der Waals surface area (Å²) in [5, 5.41) is 18.8. The summed E-state index contributed by atoms with van der Waals surface area (Å²) in [5.74, 6) is -0.752. The highest BCUT2D eigenvalue weighted by Gasteiger charge is 2.28. The van der Waals surface area contributed by atoms with Gasteiger partial charge in [-0.05, 0) is 26.3 Å². The number of carboxylic acid groups (broad SMARTS) is 1. The molecule has 5 heteroatoms. The van der Waals surface area contributed by atoms with E-state index in [1.807, 2.05) is 11.8 Å². The first-order valence-electron chi connectivity index (χ1n) is 6.12. The van der Waals surface area contributed by atoms with Crippen molar-refractivity contribution in [2.24, 2.45) is 5.92 Å². The molecule has 2 atom stereocenters. The number of aryl methyl sites for hydroxylation is 1. The molecule has 1 aromatic rings. The van der Waals surface area contributed by atoms with Crippen molar-refractivity contribution in [1.29, 1.82) is 0 Å². The molecule has 1 saturated heterocycles. The van der Waals surface area contributed by atoms with Crippen molar-refractivity contribution in [3.8, 4) is 0 Å². The van der Waals surface area contributed by atoms with Crippen LogP contribution in [0.25, 0.3) is 0 Å². The minimum atomic E-state index is -0.960. The van der Waals surface area contributed by atoms with E-state index in [4.69, 9.17) is 0 Å². The Morgan fingerprint density at radius 3 is 2.89 bits per heavy atom. The van der Waals surface area contributed by atoms with Crippen LogP contribution in [0.1, 0.15) is 29.4 Å². The standard InChI is InChI=1S/C13H18N2O3/c1-8-5-12(11(6-14-8)13(17)18)15-4-3-10(7-15)9(2)16/h5-6,9-10,16H,3-4,7H2,1-2H3,(H,17,18). The summed E-state index contributed by atoms with van der Waals surface area (Å²) in [6, 6.07) is 1.80. The minimum absolute atomic E-state index is 0.208. The third-order valence-corrected chi connectivity index (χ3v) is 3.50. The first kappa shape index (κ1) is 12.8. The first-order chi connectivity index (χ1) is 8.49. The van der Waals surface area contributed by atoms with Crippen LogP contribution in [0, 0.1) is 12.8 Å². The molecule has 2 rings (SSSR count). The highest BCUT2D eigenvalue weighted by molar-refractivity contribution is 5.94. The lowest BCUT2D eigenvalue weighted by Crippen LogP contribution is -2.25. The second kappa shape index (κ2) is 4.94. The zero-order chi connectivity index (χ0) is 13.3. The molecule has 0 saturated carbocycles. The molecule has 5 nitrogen and oxygen atoms in total. The highest BCUT2D eigenvalue weighted by atomic mass is 16.4. The molecule has 0 spiro atoms.